The van der Waals surface area contributed by atoms with E-state index in [1.165, 1.54) is 11.1 Å². The Bertz CT molecular complexity index is 457. The molecule has 0 saturated heterocycles. The van der Waals surface area contributed by atoms with Gasteiger partial charge in [0.1, 0.15) is 5.84 Å². The molecule has 3 heteroatoms. The molecule has 0 spiro atoms. The predicted molar refractivity (Wildman–Crippen MR) is 68.6 cm³/mol. The Balaban J connectivity index is 2.19. The molecule has 1 atom stereocenters. The zero-order valence-corrected chi connectivity index (χ0v) is 10.1. The van der Waals surface area contributed by atoms with Crippen LogP contribution in [0.4, 0.5) is 0 Å². The third-order valence-corrected chi connectivity index (χ3v) is 3.10. The summed E-state index contributed by atoms with van der Waals surface area (Å²) in [6, 6.07) is 8.68. The van der Waals surface area contributed by atoms with Gasteiger partial charge in [-0.1, -0.05) is 31.2 Å². The van der Waals surface area contributed by atoms with Gasteiger partial charge in [-0.3, -0.25) is 10.3 Å². The summed E-state index contributed by atoms with van der Waals surface area (Å²) in [5.41, 5.74) is 2.72. The summed E-state index contributed by atoms with van der Waals surface area (Å²) in [7, 11) is 0. The van der Waals surface area contributed by atoms with Crippen molar-refractivity contribution in [3.05, 3.63) is 35.4 Å². The van der Waals surface area contributed by atoms with Crippen LogP contribution < -0.4 is 5.32 Å². The highest BCUT2D eigenvalue weighted by atomic mass is 15.0. The van der Waals surface area contributed by atoms with E-state index in [4.69, 9.17) is 5.26 Å². The van der Waals surface area contributed by atoms with E-state index in [9.17, 15) is 0 Å². The van der Waals surface area contributed by atoms with Crippen LogP contribution in [0.25, 0.3) is 0 Å². The Kier molecular flexibility index (Phi) is 3.77. The summed E-state index contributed by atoms with van der Waals surface area (Å²) < 4.78 is 0. The summed E-state index contributed by atoms with van der Waals surface area (Å²) in [6.45, 7) is 2.09. The number of nitrogens with one attached hydrogen (secondary N) is 1. The van der Waals surface area contributed by atoms with Gasteiger partial charge in [-0.05, 0) is 30.4 Å². The van der Waals surface area contributed by atoms with Crippen molar-refractivity contribution in [2.75, 3.05) is 0 Å². The molecule has 17 heavy (non-hydrogen) atoms. The number of nitrogens with zero attached hydrogens (tertiary/aromatic N) is 2. The monoisotopic (exact) mass is 227 g/mol. The third-order valence-electron chi connectivity index (χ3n) is 3.10. The van der Waals surface area contributed by atoms with Gasteiger partial charge < -0.3 is 0 Å². The summed E-state index contributed by atoms with van der Waals surface area (Å²) in [5, 5.41) is 11.4. The maximum atomic E-state index is 8.69. The average molecular weight is 227 g/mol. The molecular weight excluding hydrogens is 210 g/mol. The van der Waals surface area contributed by atoms with Gasteiger partial charge in [0.05, 0.1) is 6.04 Å². The number of aliphatic imine (C=N–C) groups is 1. The molecule has 1 aliphatic rings. The van der Waals surface area contributed by atoms with Crippen molar-refractivity contribution in [2.24, 2.45) is 4.99 Å². The van der Waals surface area contributed by atoms with Crippen LogP contribution in [-0.2, 0) is 6.42 Å². The number of rotatable bonds is 3. The molecule has 0 aliphatic heterocycles. The lowest BCUT2D eigenvalue weighted by Crippen LogP contribution is -2.18. The number of benzene rings is 1. The van der Waals surface area contributed by atoms with Crippen LogP contribution in [0.15, 0.2) is 29.3 Å². The number of fused-ring (bicyclic) bond motifs is 1. The van der Waals surface area contributed by atoms with E-state index < -0.39 is 0 Å². The van der Waals surface area contributed by atoms with Crippen LogP contribution in [-0.4, -0.2) is 5.84 Å². The van der Waals surface area contributed by atoms with E-state index in [1.807, 2.05) is 6.19 Å². The normalized spacial score (nSPS) is 18.6. The van der Waals surface area contributed by atoms with Crippen molar-refractivity contribution >= 4 is 5.84 Å². The number of hydrogen-bond acceptors (Lipinski definition) is 2. The van der Waals surface area contributed by atoms with Gasteiger partial charge in [0.25, 0.3) is 0 Å². The first kappa shape index (κ1) is 11.7. The minimum absolute atomic E-state index is 0.230. The van der Waals surface area contributed by atoms with Crippen molar-refractivity contribution < 1.29 is 0 Å². The van der Waals surface area contributed by atoms with Gasteiger partial charge in [0.2, 0.25) is 0 Å². The summed E-state index contributed by atoms with van der Waals surface area (Å²) >= 11 is 0. The molecule has 1 N–H and O–H groups in total. The number of aryl methyl sites for hydroxylation is 1. The fourth-order valence-corrected chi connectivity index (χ4v) is 2.32. The minimum Gasteiger partial charge on any atom is -0.281 e. The number of amidine groups is 1. The first-order chi connectivity index (χ1) is 8.35. The molecule has 0 fully saturated rings. The summed E-state index contributed by atoms with van der Waals surface area (Å²) in [6.07, 6.45) is 5.96. The minimum atomic E-state index is 0.230. The summed E-state index contributed by atoms with van der Waals surface area (Å²) in [5.74, 6) is 0.816. The van der Waals surface area contributed by atoms with Gasteiger partial charge in [-0.2, -0.15) is 5.26 Å². The van der Waals surface area contributed by atoms with Crippen molar-refractivity contribution in [3.63, 3.8) is 0 Å². The van der Waals surface area contributed by atoms with Crippen LogP contribution >= 0.6 is 0 Å². The van der Waals surface area contributed by atoms with E-state index in [1.54, 1.807) is 0 Å². The molecule has 88 valence electrons. The molecule has 3 nitrogen and oxygen atoms in total. The lowest BCUT2D eigenvalue weighted by molar-refractivity contribution is 0.706. The summed E-state index contributed by atoms with van der Waals surface area (Å²) in [4.78, 5) is 4.68. The molecule has 0 heterocycles. The number of nitriles is 1. The maximum absolute atomic E-state index is 8.69. The first-order valence-electron chi connectivity index (χ1n) is 6.14. The Morgan fingerprint density at radius 2 is 2.35 bits per heavy atom. The highest BCUT2D eigenvalue weighted by Crippen LogP contribution is 2.33. The van der Waals surface area contributed by atoms with Crippen molar-refractivity contribution in [3.8, 4) is 6.19 Å². The van der Waals surface area contributed by atoms with Crippen molar-refractivity contribution in [1.29, 1.82) is 5.26 Å². The van der Waals surface area contributed by atoms with Crippen LogP contribution in [0.5, 0.6) is 0 Å². The smallest absolute Gasteiger partial charge is 0.182 e. The van der Waals surface area contributed by atoms with Gasteiger partial charge in [-0.25, -0.2) is 0 Å². The van der Waals surface area contributed by atoms with Crippen LogP contribution in [0.1, 0.15) is 43.4 Å². The zero-order chi connectivity index (χ0) is 12.1. The molecule has 0 aromatic heterocycles. The second kappa shape index (κ2) is 5.49. The Morgan fingerprint density at radius 3 is 3.12 bits per heavy atom. The average Bonchev–Trinajstić information content (AvgIpc) is 2.74. The fraction of sp³-hybridized carbons (Fsp3) is 0.429. The predicted octanol–water partition coefficient (Wildman–Crippen LogP) is 2.94. The Morgan fingerprint density at radius 1 is 1.53 bits per heavy atom. The molecule has 1 aliphatic carbocycles. The Labute approximate surface area is 102 Å². The van der Waals surface area contributed by atoms with E-state index in [0.29, 0.717) is 0 Å². The Hall–Kier alpha value is -1.82. The highest BCUT2D eigenvalue weighted by Gasteiger charge is 2.21. The first-order valence-corrected chi connectivity index (χ1v) is 6.14. The van der Waals surface area contributed by atoms with Crippen molar-refractivity contribution in [1.82, 2.24) is 5.32 Å². The second-order valence-electron chi connectivity index (χ2n) is 4.32. The molecule has 1 aromatic carbocycles. The van der Waals surface area contributed by atoms with E-state index >= 15 is 0 Å². The topological polar surface area (TPSA) is 48.2 Å². The van der Waals surface area contributed by atoms with E-state index in [-0.39, 0.29) is 6.04 Å². The van der Waals surface area contributed by atoms with Crippen LogP contribution in [0.3, 0.4) is 0 Å². The molecule has 0 amide bonds. The SMILES string of the molecule is CCCC(=N[C@H]1CCc2ccccc21)NC#N. The second-order valence-corrected chi connectivity index (χ2v) is 4.32. The zero-order valence-electron chi connectivity index (χ0n) is 10.1. The van der Waals surface area contributed by atoms with Gasteiger partial charge in [0, 0.05) is 6.42 Å². The van der Waals surface area contributed by atoms with Crippen LogP contribution in [0.2, 0.25) is 0 Å². The molecule has 1 aromatic rings. The van der Waals surface area contributed by atoms with E-state index in [0.717, 1.165) is 31.5 Å². The maximum Gasteiger partial charge on any atom is 0.182 e. The molecular formula is C14H17N3. The van der Waals surface area contributed by atoms with E-state index in [2.05, 4.69) is 41.5 Å². The third kappa shape index (κ3) is 2.65. The molecule has 2 rings (SSSR count). The number of hydrogen-bond donors (Lipinski definition) is 1. The molecule has 0 unspecified atom stereocenters. The van der Waals surface area contributed by atoms with Crippen LogP contribution in [0, 0.1) is 11.5 Å². The largest absolute Gasteiger partial charge is 0.281 e. The molecule has 0 radical (unpaired) electrons. The fourth-order valence-electron chi connectivity index (χ4n) is 2.32. The lowest BCUT2D eigenvalue weighted by Gasteiger charge is -2.09. The van der Waals surface area contributed by atoms with Gasteiger partial charge in [-0.15, -0.1) is 0 Å². The van der Waals surface area contributed by atoms with Gasteiger partial charge in [0.15, 0.2) is 6.19 Å². The quantitative estimate of drug-likeness (QED) is 0.373. The molecule has 0 saturated carbocycles. The lowest BCUT2D eigenvalue weighted by atomic mass is 10.1. The molecule has 0 bridgehead atoms. The van der Waals surface area contributed by atoms with Crippen molar-refractivity contribution in [2.45, 2.75) is 38.6 Å². The highest BCUT2D eigenvalue weighted by molar-refractivity contribution is 5.83. The standard InChI is InChI=1S/C14H17N3/c1-2-5-14(16-10-15)17-13-9-8-11-6-3-4-7-12(11)13/h3-4,6-7,13H,2,5,8-9H2,1H3,(H,16,17)/t13-/m0/s1. The van der Waals surface area contributed by atoms with Gasteiger partial charge >= 0.3 is 0 Å².